The molecule has 0 aliphatic rings. The molecular weight excluding hydrogens is 2830 g/mol. The molecule has 0 aliphatic carbocycles. The molecule has 0 bridgehead atoms. The van der Waals surface area contributed by atoms with Crippen LogP contribution in [0.2, 0.25) is 0 Å². The Morgan fingerprint density at radius 1 is 0.310 bits per heavy atom. The summed E-state index contributed by atoms with van der Waals surface area (Å²) in [6.07, 6.45) is 11.2. The fourth-order valence-electron chi connectivity index (χ4n) is 16.5. The summed E-state index contributed by atoms with van der Waals surface area (Å²) in [5, 5.41) is 10.4. The maximum Gasteiger partial charge on any atom is 0.327 e. The van der Waals surface area contributed by atoms with Crippen LogP contribution < -0.4 is 11.3 Å². The molecule has 25 aromatic rings. The average Bonchev–Trinajstić information content (AvgIpc) is 1.57. The van der Waals surface area contributed by atoms with Gasteiger partial charge < -0.3 is 46.4 Å². The number of imidazole rings is 4. The van der Waals surface area contributed by atoms with Gasteiger partial charge in [0.25, 0.3) is 0 Å². The summed E-state index contributed by atoms with van der Waals surface area (Å²) < 4.78 is 19.1. The molecule has 6 radical (unpaired) electrons. The van der Waals surface area contributed by atoms with Crippen LogP contribution in [-0.2, 0) is 142 Å². The molecule has 25 rings (SSSR count). The Morgan fingerprint density at radius 3 is 1.27 bits per heavy atom. The molecule has 142 heavy (non-hydrogen) atoms. The summed E-state index contributed by atoms with van der Waals surface area (Å²) in [5.41, 5.74) is 23.5. The van der Waals surface area contributed by atoms with Crippen LogP contribution in [0.4, 0.5) is 0 Å². The molecule has 0 N–H and O–H groups in total. The summed E-state index contributed by atoms with van der Waals surface area (Å²) in [7, 11) is 0. The summed E-state index contributed by atoms with van der Waals surface area (Å²) >= 11 is 0. The first kappa shape index (κ1) is 108. The molecule has 14 heterocycles. The molecule has 17 nitrogen and oxygen atoms in total. The molecule has 0 fully saturated rings. The van der Waals surface area contributed by atoms with Gasteiger partial charge in [0.05, 0.1) is 55.7 Å². The van der Waals surface area contributed by atoms with Crippen molar-refractivity contribution in [1.29, 1.82) is 0 Å². The van der Waals surface area contributed by atoms with Crippen molar-refractivity contribution in [2.24, 2.45) is 0 Å². The van der Waals surface area contributed by atoms with Crippen LogP contribution in [0.25, 0.3) is 165 Å². The monoisotopic (exact) mass is 2930 g/mol. The van der Waals surface area contributed by atoms with E-state index in [9.17, 15) is 9.59 Å². The Bertz CT molecular complexity index is 8400. The zero-order valence-corrected chi connectivity index (χ0v) is 94.6. The van der Waals surface area contributed by atoms with Crippen molar-refractivity contribution in [3.63, 3.8) is 0 Å². The summed E-state index contributed by atoms with van der Waals surface area (Å²) in [6.45, 7) is 30.9. The zero-order chi connectivity index (χ0) is 94.6. The normalized spacial score (nSPS) is 11.2. The number of hydrogen-bond donors (Lipinski definition) is 0. The van der Waals surface area contributed by atoms with Gasteiger partial charge in [-0.15, -0.1) is 244 Å². The number of pyridine rings is 7. The average molecular weight is 2930 g/mol. The molecular formula is C119H97Ir6N13O4-8. The van der Waals surface area contributed by atoms with E-state index in [1.807, 2.05) is 158 Å². The van der Waals surface area contributed by atoms with Crippen LogP contribution in [-0.4, -0.2) is 62.5 Å². The minimum Gasteiger partial charge on any atom is -0.472 e. The van der Waals surface area contributed by atoms with E-state index in [-0.39, 0.29) is 154 Å². The maximum atomic E-state index is 11.6. The molecule has 0 atom stereocenters. The molecule has 14 aromatic heterocycles. The molecule has 724 valence electrons. The van der Waals surface area contributed by atoms with Crippen LogP contribution in [0.3, 0.4) is 0 Å². The molecule has 0 unspecified atom stereocenters. The Labute approximate surface area is 904 Å². The minimum atomic E-state index is -0.356. The second-order valence-electron chi connectivity index (χ2n) is 37.1. The van der Waals surface area contributed by atoms with Gasteiger partial charge in [0.2, 0.25) is 0 Å². The van der Waals surface area contributed by atoms with E-state index >= 15 is 0 Å². The van der Waals surface area contributed by atoms with Gasteiger partial charge in [-0.1, -0.05) is 189 Å². The van der Waals surface area contributed by atoms with Crippen molar-refractivity contribution in [2.45, 2.75) is 119 Å². The molecule has 0 amide bonds. The Kier molecular flexibility index (Phi) is 35.5. The van der Waals surface area contributed by atoms with E-state index in [1.54, 1.807) is 85.5 Å². The van der Waals surface area contributed by atoms with Crippen LogP contribution in [0, 0.1) is 62.4 Å². The van der Waals surface area contributed by atoms with Gasteiger partial charge in [-0.3, -0.25) is 24.9 Å². The first-order chi connectivity index (χ1) is 65.7. The number of aromatic nitrogens is 13. The summed E-state index contributed by atoms with van der Waals surface area (Å²) in [5.74, 6) is 1.03. The van der Waals surface area contributed by atoms with Crippen molar-refractivity contribution in [3.8, 4) is 22.5 Å². The fraction of sp³-hybridized carbons (Fsp3) is 0.151. The van der Waals surface area contributed by atoms with Crippen molar-refractivity contribution < 1.29 is 129 Å². The van der Waals surface area contributed by atoms with E-state index in [1.165, 1.54) is 38.7 Å². The maximum absolute atomic E-state index is 11.6. The van der Waals surface area contributed by atoms with Crippen molar-refractivity contribution in [2.75, 3.05) is 0 Å². The molecule has 11 aromatic carbocycles. The summed E-state index contributed by atoms with van der Waals surface area (Å²) in [4.78, 5) is 64.0. The van der Waals surface area contributed by atoms with Crippen LogP contribution in [0.5, 0.6) is 0 Å². The third-order valence-electron chi connectivity index (χ3n) is 23.5. The second-order valence-corrected chi connectivity index (χ2v) is 37.1. The topological polar surface area (TPSA) is 194 Å². The second kappa shape index (κ2) is 46.6. The third-order valence-corrected chi connectivity index (χ3v) is 23.5. The predicted octanol–water partition coefficient (Wildman–Crippen LogP) is 27.2. The Morgan fingerprint density at radius 2 is 0.746 bits per heavy atom. The van der Waals surface area contributed by atoms with E-state index < -0.39 is 0 Å². The molecule has 0 saturated heterocycles. The van der Waals surface area contributed by atoms with Gasteiger partial charge in [0.15, 0.2) is 0 Å². The van der Waals surface area contributed by atoms with Crippen LogP contribution in [0.1, 0.15) is 117 Å². The SMILES string of the molecule is CC(C)(C)c1cc2ccc[c-]c2c2nc3ccccc3n12.CC(C)(C)c1ccc2nc3c4[c-]cccc4ccn3c2c1.CC(C)(C)c1nc2ccc[c-]c2c2nc3ccccc3n12.Cc1nc2c3[c-]cccc3c(C(C)(C)C)cn2c1C.O=c1oc2ccc[c-]c2c2ncccc12.O=c1oc2ccc[c-]c2c2ncccc12.[Ir].[Ir].[Ir].[Ir].[Ir].[Ir].[c-]1ccccc1-c1ccccn1.[c-]1ccccc1-c1ccccn1. The molecule has 0 saturated carbocycles. The van der Waals surface area contributed by atoms with Gasteiger partial charge in [0, 0.05) is 206 Å². The van der Waals surface area contributed by atoms with E-state index in [0.717, 1.165) is 128 Å². The van der Waals surface area contributed by atoms with E-state index in [4.69, 9.17) is 33.8 Å². The molecule has 0 spiro atoms. The van der Waals surface area contributed by atoms with Gasteiger partial charge >= 0.3 is 11.3 Å². The largest absolute Gasteiger partial charge is 0.472 e. The van der Waals surface area contributed by atoms with Crippen LogP contribution in [0.15, 0.2) is 353 Å². The smallest absolute Gasteiger partial charge is 0.327 e. The first-order valence-electron chi connectivity index (χ1n) is 45.1. The number of hydrogen-bond acceptors (Lipinski definition) is 13. The third kappa shape index (κ3) is 23.3. The number of nitrogens with zero attached hydrogens (tertiary/aromatic N) is 13. The number of para-hydroxylation sites is 4. The van der Waals surface area contributed by atoms with E-state index in [0.29, 0.717) is 33.0 Å². The van der Waals surface area contributed by atoms with Crippen molar-refractivity contribution >= 4 is 143 Å². The molecule has 0 aliphatic heterocycles. The number of aryl methyl sites for hydroxylation is 2. The van der Waals surface area contributed by atoms with Gasteiger partial charge in [-0.2, -0.15) is 0 Å². The zero-order valence-electron chi connectivity index (χ0n) is 80.2. The summed E-state index contributed by atoms with van der Waals surface area (Å²) in [6, 6.07) is 122. The Balaban J connectivity index is 0.000000145. The minimum absolute atomic E-state index is 0. The molecule has 23 heteroatoms. The standard InChI is InChI=1S/2C19H17N2.C18H16N3.C17H19N2.2C12H6NO2.2C11H8N.6Ir/c1-19(2,3)17-12-13-8-4-5-9-14(13)18-20-15-10-6-7-11-16(15)21(17)18;1-19(2,3)14-8-9-16-17(12-14)21-11-10-13-6-4-5-7-15(13)18(21)20-16;1-18(2,3)17-20-13-9-5-4-8-12(13)16-19-14-10-6-7-11-15(14)21(16)17;1-11-12(2)19-10-15(17(3,4)5)13-8-6-7-9-14(13)16(19)18-11;2*14-12-9-5-3-7-13-11(9)8-4-1-2-6-10(8)15-12;2*1-2-6-10(7-3-1)11-8-4-5-9-12-11;;;;;;/h4-8,10-12H,1-3H3;4-6,8-12H,1-3H3;4-7,9-11H,1-3H3;6-8,10H,1-5H3;2*1-3,5-7H;2*1-6,8-9H;;;;;;/q8*-1;;;;;;. The predicted molar refractivity (Wildman–Crippen MR) is 551 cm³/mol. The van der Waals surface area contributed by atoms with Gasteiger partial charge in [-0.25, -0.2) is 9.59 Å². The van der Waals surface area contributed by atoms with Gasteiger partial charge in [0.1, 0.15) is 5.82 Å². The van der Waals surface area contributed by atoms with Crippen LogP contribution >= 0.6 is 0 Å². The quantitative estimate of drug-likeness (QED) is 0.0902. The van der Waals surface area contributed by atoms with Crippen molar-refractivity contribution in [1.82, 2.24) is 62.5 Å². The fourth-order valence-corrected chi connectivity index (χ4v) is 16.5. The first-order valence-corrected chi connectivity index (χ1v) is 45.1. The van der Waals surface area contributed by atoms with Gasteiger partial charge in [-0.05, 0) is 120 Å². The van der Waals surface area contributed by atoms with Crippen molar-refractivity contribution in [3.05, 3.63) is 438 Å². The number of rotatable bonds is 2. The number of fused-ring (bicyclic) bond motifs is 24. The number of benzene rings is 11. The Hall–Kier alpha value is -12.6. The van der Waals surface area contributed by atoms with E-state index in [2.05, 4.69) is 274 Å².